The summed E-state index contributed by atoms with van der Waals surface area (Å²) in [6, 6.07) is 3.74. The maximum Gasteiger partial charge on any atom is 0.354 e. The van der Waals surface area contributed by atoms with Crippen LogP contribution in [0.5, 0.6) is 0 Å². The number of aliphatic imine (C=N–C) groups is 1. The summed E-state index contributed by atoms with van der Waals surface area (Å²) >= 11 is 1.42. The Morgan fingerprint density at radius 2 is 1.95 bits per heavy atom. The van der Waals surface area contributed by atoms with Crippen molar-refractivity contribution in [3.05, 3.63) is 80.5 Å². The Hall–Kier alpha value is -4.19. The van der Waals surface area contributed by atoms with E-state index < -0.39 is 18.0 Å². The van der Waals surface area contributed by atoms with Crippen molar-refractivity contribution in [1.29, 1.82) is 0 Å². The number of aryl methyl sites for hydroxylation is 2. The number of carbonyl (C=O) groups excluding carboxylic acids is 1. The number of thiazole rings is 1. The highest BCUT2D eigenvalue weighted by Gasteiger charge is 2.37. The quantitative estimate of drug-likeness (QED) is 0.440. The summed E-state index contributed by atoms with van der Waals surface area (Å²) in [5.41, 5.74) is 2.93. The van der Waals surface area contributed by atoms with Crippen LogP contribution >= 0.6 is 11.3 Å². The summed E-state index contributed by atoms with van der Waals surface area (Å²) in [7, 11) is 1.33. The number of aromatic nitrogens is 3. The molecule has 2 aliphatic rings. The van der Waals surface area contributed by atoms with E-state index in [1.165, 1.54) is 36.8 Å². The number of esters is 1. The van der Waals surface area contributed by atoms with Crippen molar-refractivity contribution in [2.24, 2.45) is 10.9 Å². The molecular weight excluding hydrogens is 523 g/mol. The molecule has 2 N–H and O–H groups in total. The van der Waals surface area contributed by atoms with Gasteiger partial charge in [0.2, 0.25) is 5.95 Å². The van der Waals surface area contributed by atoms with Crippen molar-refractivity contribution in [3.8, 4) is 0 Å². The van der Waals surface area contributed by atoms with Crippen LogP contribution in [0.1, 0.15) is 51.1 Å². The van der Waals surface area contributed by atoms with Crippen molar-refractivity contribution in [3.63, 3.8) is 0 Å². The number of piperidine rings is 1. The molecule has 1 fully saturated rings. The highest BCUT2D eigenvalue weighted by molar-refractivity contribution is 7.11. The number of halogens is 1. The van der Waals surface area contributed by atoms with Gasteiger partial charge in [-0.3, -0.25) is 4.99 Å². The first-order valence-corrected chi connectivity index (χ1v) is 13.3. The third kappa shape index (κ3) is 5.24. The van der Waals surface area contributed by atoms with Crippen molar-refractivity contribution in [1.82, 2.24) is 20.3 Å². The molecule has 1 aromatic carbocycles. The van der Waals surface area contributed by atoms with Crippen LogP contribution in [-0.2, 0) is 9.53 Å². The Morgan fingerprint density at radius 3 is 2.59 bits per heavy atom. The number of anilines is 1. The summed E-state index contributed by atoms with van der Waals surface area (Å²) in [6.07, 6.45) is 4.49. The molecule has 2 aromatic heterocycles. The van der Waals surface area contributed by atoms with E-state index in [9.17, 15) is 19.1 Å². The van der Waals surface area contributed by atoms with Crippen LogP contribution in [0.2, 0.25) is 0 Å². The second-order valence-electron chi connectivity index (χ2n) is 9.43. The maximum absolute atomic E-state index is 14.0. The standard InChI is InChI=1S/C27H27FN6O4S/c1-14-12-17(28)4-5-18(14)22-19(26(37)38-3)21(31-23(32-22)24-29-8-11-39-24)16-6-9-34(10-7-16)27-30-13-15(2)20(33-27)25(35)36/h4-5,8,11-13,16,22H,6-7,9-10H2,1-3H3,(H,31,32)(H,35,36). The Labute approximate surface area is 228 Å². The summed E-state index contributed by atoms with van der Waals surface area (Å²) in [6.45, 7) is 4.56. The fourth-order valence-corrected chi connectivity index (χ4v) is 5.60. The number of amidine groups is 1. The fraction of sp³-hybridized carbons (Fsp3) is 0.333. The number of methoxy groups -OCH3 is 1. The highest BCUT2D eigenvalue weighted by Crippen LogP contribution is 2.39. The van der Waals surface area contributed by atoms with Gasteiger partial charge in [0.1, 0.15) is 11.9 Å². The molecule has 4 heterocycles. The Kier molecular flexibility index (Phi) is 7.38. The van der Waals surface area contributed by atoms with Crippen LogP contribution in [0.25, 0.3) is 0 Å². The largest absolute Gasteiger partial charge is 0.476 e. The third-order valence-electron chi connectivity index (χ3n) is 6.99. The molecule has 0 aliphatic carbocycles. The minimum atomic E-state index is -1.10. The van der Waals surface area contributed by atoms with Gasteiger partial charge in [-0.25, -0.2) is 28.9 Å². The number of benzene rings is 1. The van der Waals surface area contributed by atoms with E-state index in [4.69, 9.17) is 9.73 Å². The minimum absolute atomic E-state index is 0.0198. The zero-order chi connectivity index (χ0) is 27.7. The number of aromatic carboxylic acids is 1. The predicted octanol–water partition coefficient (Wildman–Crippen LogP) is 3.82. The molecule has 0 saturated carbocycles. The van der Waals surface area contributed by atoms with E-state index in [1.54, 1.807) is 26.1 Å². The zero-order valence-corrected chi connectivity index (χ0v) is 22.5. The molecule has 1 saturated heterocycles. The first kappa shape index (κ1) is 26.4. The lowest BCUT2D eigenvalue weighted by Gasteiger charge is -2.36. The molecule has 0 radical (unpaired) electrons. The monoisotopic (exact) mass is 550 g/mol. The smallest absolute Gasteiger partial charge is 0.354 e. The van der Waals surface area contributed by atoms with Gasteiger partial charge >= 0.3 is 11.9 Å². The molecule has 39 heavy (non-hydrogen) atoms. The topological polar surface area (TPSA) is 130 Å². The lowest BCUT2D eigenvalue weighted by atomic mass is 9.85. The third-order valence-corrected chi connectivity index (χ3v) is 7.77. The number of carboxylic acids is 1. The first-order valence-electron chi connectivity index (χ1n) is 12.4. The number of nitrogens with zero attached hydrogens (tertiary/aromatic N) is 5. The van der Waals surface area contributed by atoms with E-state index in [2.05, 4.69) is 20.3 Å². The number of carbonyl (C=O) groups is 2. The van der Waals surface area contributed by atoms with Gasteiger partial charge in [-0.1, -0.05) is 6.07 Å². The van der Waals surface area contributed by atoms with Gasteiger partial charge in [-0.15, -0.1) is 11.3 Å². The molecule has 202 valence electrons. The van der Waals surface area contributed by atoms with Crippen LogP contribution < -0.4 is 10.2 Å². The molecule has 1 unspecified atom stereocenters. The number of hydrogen-bond donors (Lipinski definition) is 2. The average Bonchev–Trinajstić information content (AvgIpc) is 3.47. The van der Waals surface area contributed by atoms with Crippen molar-refractivity contribution < 1.29 is 23.8 Å². The second-order valence-corrected chi connectivity index (χ2v) is 10.3. The molecule has 12 heteroatoms. The van der Waals surface area contributed by atoms with Gasteiger partial charge in [0.25, 0.3) is 0 Å². The van der Waals surface area contributed by atoms with E-state index in [1.807, 2.05) is 10.3 Å². The van der Waals surface area contributed by atoms with Crippen LogP contribution in [0, 0.1) is 25.6 Å². The Morgan fingerprint density at radius 1 is 1.18 bits per heavy atom. The number of hydrogen-bond acceptors (Lipinski definition) is 10. The van der Waals surface area contributed by atoms with Crippen molar-refractivity contribution >= 4 is 35.1 Å². The lowest BCUT2D eigenvalue weighted by molar-refractivity contribution is -0.136. The summed E-state index contributed by atoms with van der Waals surface area (Å²) < 4.78 is 19.2. The molecule has 5 rings (SSSR count). The Balaban J connectivity index is 1.51. The van der Waals surface area contributed by atoms with Crippen LogP contribution in [-0.4, -0.2) is 58.0 Å². The summed E-state index contributed by atoms with van der Waals surface area (Å²) in [4.78, 5) is 44.6. The number of allylic oxidation sites excluding steroid dienone is 1. The molecule has 2 aliphatic heterocycles. The molecule has 0 spiro atoms. The average molecular weight is 551 g/mol. The van der Waals surface area contributed by atoms with E-state index in [0.717, 1.165) is 0 Å². The number of nitrogens with one attached hydrogen (secondary N) is 1. The molecule has 0 amide bonds. The molecule has 1 atom stereocenters. The van der Waals surface area contributed by atoms with Gasteiger partial charge in [0.05, 0.1) is 12.7 Å². The van der Waals surface area contributed by atoms with Crippen molar-refractivity contribution in [2.45, 2.75) is 32.7 Å². The Bertz CT molecular complexity index is 1480. The van der Waals surface area contributed by atoms with Crippen LogP contribution in [0.15, 0.2) is 52.2 Å². The zero-order valence-electron chi connectivity index (χ0n) is 21.6. The summed E-state index contributed by atoms with van der Waals surface area (Å²) in [5, 5.41) is 15.4. The molecule has 3 aromatic rings. The lowest BCUT2D eigenvalue weighted by Crippen LogP contribution is -2.42. The van der Waals surface area contributed by atoms with Crippen LogP contribution in [0.4, 0.5) is 10.3 Å². The molecule has 10 nitrogen and oxygen atoms in total. The SMILES string of the molecule is COC(=O)C1=C(C2CCN(c3ncc(C)c(C(=O)O)n3)CC2)NC(c2nccs2)=NC1c1ccc(F)cc1C. The fourth-order valence-electron chi connectivity index (χ4n) is 5.01. The maximum atomic E-state index is 14.0. The van der Waals surface area contributed by atoms with E-state index >= 15 is 0 Å². The highest BCUT2D eigenvalue weighted by atomic mass is 32.1. The van der Waals surface area contributed by atoms with E-state index in [0.29, 0.717) is 70.7 Å². The first-order chi connectivity index (χ1) is 18.8. The number of carboxylic acid groups (broad SMARTS) is 1. The van der Waals surface area contributed by atoms with Gasteiger partial charge in [-0.05, 0) is 49.9 Å². The normalized spacial score (nSPS) is 18.0. The molecule has 0 bridgehead atoms. The van der Waals surface area contributed by atoms with Crippen molar-refractivity contribution in [2.75, 3.05) is 25.1 Å². The minimum Gasteiger partial charge on any atom is -0.476 e. The van der Waals surface area contributed by atoms with Gasteiger partial charge in [-0.2, -0.15) is 0 Å². The van der Waals surface area contributed by atoms with Gasteiger partial charge in [0.15, 0.2) is 16.5 Å². The summed E-state index contributed by atoms with van der Waals surface area (Å²) in [5.74, 6) is -1.13. The van der Waals surface area contributed by atoms with E-state index in [-0.39, 0.29) is 17.4 Å². The second kappa shape index (κ2) is 10.9. The number of ether oxygens (including phenoxy) is 1. The molecular formula is C27H27FN6O4S. The van der Waals surface area contributed by atoms with Gasteiger partial charge < -0.3 is 20.1 Å². The van der Waals surface area contributed by atoms with Gasteiger partial charge in [0, 0.05) is 48.0 Å². The predicted molar refractivity (Wildman–Crippen MR) is 143 cm³/mol. The van der Waals surface area contributed by atoms with Crippen LogP contribution in [0.3, 0.4) is 0 Å². The number of rotatable bonds is 6.